The molecule has 4 heteroatoms. The average Bonchev–Trinajstić information content (AvgIpc) is 3.24. The van der Waals surface area contributed by atoms with E-state index >= 15 is 0 Å². The van der Waals surface area contributed by atoms with Gasteiger partial charge in [-0.3, -0.25) is 4.79 Å². The Morgan fingerprint density at radius 2 is 1.76 bits per heavy atom. The van der Waals surface area contributed by atoms with Crippen LogP contribution in [0.25, 0.3) is 0 Å². The molecule has 0 bridgehead atoms. The summed E-state index contributed by atoms with van der Waals surface area (Å²) in [6, 6.07) is 13.8. The second-order valence-electron chi connectivity index (χ2n) is 8.58. The fraction of sp³-hybridized carbons (Fsp3) is 0.480. The molecule has 0 aromatic heterocycles. The molecule has 0 unspecified atom stereocenters. The SMILES string of the molecule is Cc1cc(NC(=O)C2(c3ccccc3Cl)CCCCC2)ccc1OC1CCCC1. The van der Waals surface area contributed by atoms with Crippen LogP contribution in [-0.4, -0.2) is 12.0 Å². The molecule has 2 aliphatic rings. The average molecular weight is 412 g/mol. The largest absolute Gasteiger partial charge is 0.490 e. The molecular formula is C25H30ClNO2. The highest BCUT2D eigenvalue weighted by Crippen LogP contribution is 2.43. The van der Waals surface area contributed by atoms with E-state index in [1.165, 1.54) is 19.3 Å². The van der Waals surface area contributed by atoms with E-state index in [0.717, 1.165) is 61.1 Å². The molecule has 1 amide bonds. The maximum Gasteiger partial charge on any atom is 0.235 e. The van der Waals surface area contributed by atoms with Gasteiger partial charge in [0.15, 0.2) is 0 Å². The molecule has 0 atom stereocenters. The number of carbonyl (C=O) groups is 1. The Morgan fingerprint density at radius 3 is 2.45 bits per heavy atom. The van der Waals surface area contributed by atoms with E-state index in [2.05, 4.69) is 5.32 Å². The van der Waals surface area contributed by atoms with Crippen molar-refractivity contribution in [2.45, 2.75) is 76.2 Å². The molecule has 0 saturated heterocycles. The number of halogens is 1. The molecule has 2 aromatic carbocycles. The van der Waals surface area contributed by atoms with E-state index in [1.807, 2.05) is 49.4 Å². The Bertz CT molecular complexity index is 867. The molecule has 2 fully saturated rings. The molecule has 0 spiro atoms. The highest BCUT2D eigenvalue weighted by atomic mass is 35.5. The third kappa shape index (κ3) is 4.30. The Balaban J connectivity index is 1.55. The molecule has 29 heavy (non-hydrogen) atoms. The van der Waals surface area contributed by atoms with Gasteiger partial charge in [-0.1, -0.05) is 49.1 Å². The predicted octanol–water partition coefficient (Wildman–Crippen LogP) is 6.81. The van der Waals surface area contributed by atoms with Crippen molar-refractivity contribution in [3.63, 3.8) is 0 Å². The van der Waals surface area contributed by atoms with Gasteiger partial charge in [0, 0.05) is 10.7 Å². The summed E-state index contributed by atoms with van der Waals surface area (Å²) in [6.45, 7) is 2.05. The summed E-state index contributed by atoms with van der Waals surface area (Å²) in [6.07, 6.45) is 10.1. The number of anilines is 1. The number of ether oxygens (including phenoxy) is 1. The first-order valence-corrected chi connectivity index (χ1v) is 11.3. The number of amides is 1. The lowest BCUT2D eigenvalue weighted by atomic mass is 9.68. The second kappa shape index (κ2) is 8.79. The van der Waals surface area contributed by atoms with Crippen LogP contribution in [0.1, 0.15) is 68.9 Å². The lowest BCUT2D eigenvalue weighted by Crippen LogP contribution is -2.42. The molecule has 0 aliphatic heterocycles. The molecular weight excluding hydrogens is 382 g/mol. The third-order valence-electron chi connectivity index (χ3n) is 6.56. The van der Waals surface area contributed by atoms with Crippen LogP contribution in [0, 0.1) is 6.92 Å². The molecule has 3 nitrogen and oxygen atoms in total. The van der Waals surface area contributed by atoms with Gasteiger partial charge in [-0.2, -0.15) is 0 Å². The smallest absolute Gasteiger partial charge is 0.235 e. The summed E-state index contributed by atoms with van der Waals surface area (Å²) >= 11 is 6.52. The fourth-order valence-corrected chi connectivity index (χ4v) is 5.24. The molecule has 1 N–H and O–H groups in total. The Morgan fingerprint density at radius 1 is 1.03 bits per heavy atom. The first-order valence-electron chi connectivity index (χ1n) is 10.9. The molecule has 2 aromatic rings. The van der Waals surface area contributed by atoms with Crippen molar-refractivity contribution >= 4 is 23.2 Å². The second-order valence-corrected chi connectivity index (χ2v) is 8.99. The van der Waals surface area contributed by atoms with Gasteiger partial charge in [0.05, 0.1) is 11.5 Å². The topological polar surface area (TPSA) is 38.3 Å². The predicted molar refractivity (Wildman–Crippen MR) is 119 cm³/mol. The third-order valence-corrected chi connectivity index (χ3v) is 6.89. The summed E-state index contributed by atoms with van der Waals surface area (Å²) < 4.78 is 6.16. The van der Waals surface area contributed by atoms with Gasteiger partial charge < -0.3 is 10.1 Å². The Kier molecular flexibility index (Phi) is 6.15. The molecule has 154 valence electrons. The van der Waals surface area contributed by atoms with Crippen LogP contribution >= 0.6 is 11.6 Å². The molecule has 2 aliphatic carbocycles. The number of carbonyl (C=O) groups excluding carboxylic acids is 1. The zero-order chi connectivity index (χ0) is 20.3. The Labute approximate surface area is 178 Å². The van der Waals surface area contributed by atoms with Gasteiger partial charge in [0.2, 0.25) is 5.91 Å². The fourth-order valence-electron chi connectivity index (χ4n) is 4.92. The minimum atomic E-state index is -0.552. The van der Waals surface area contributed by atoms with Crippen molar-refractivity contribution in [2.75, 3.05) is 5.32 Å². The van der Waals surface area contributed by atoms with Gasteiger partial charge in [0.1, 0.15) is 5.75 Å². The van der Waals surface area contributed by atoms with Crippen LogP contribution in [0.4, 0.5) is 5.69 Å². The first-order chi connectivity index (χ1) is 14.1. The summed E-state index contributed by atoms with van der Waals surface area (Å²) in [4.78, 5) is 13.5. The number of rotatable bonds is 5. The van der Waals surface area contributed by atoms with E-state index in [9.17, 15) is 4.79 Å². The number of benzene rings is 2. The van der Waals surface area contributed by atoms with E-state index in [1.54, 1.807) is 0 Å². The van der Waals surface area contributed by atoms with Crippen LogP contribution in [0.2, 0.25) is 5.02 Å². The maximum absolute atomic E-state index is 13.5. The zero-order valence-corrected chi connectivity index (χ0v) is 17.9. The molecule has 0 heterocycles. The minimum Gasteiger partial charge on any atom is -0.490 e. The zero-order valence-electron chi connectivity index (χ0n) is 17.2. The van der Waals surface area contributed by atoms with E-state index in [4.69, 9.17) is 16.3 Å². The van der Waals surface area contributed by atoms with Crippen LogP contribution in [0.3, 0.4) is 0 Å². The van der Waals surface area contributed by atoms with Crippen LogP contribution < -0.4 is 10.1 Å². The molecule has 0 radical (unpaired) electrons. The van der Waals surface area contributed by atoms with Crippen molar-refractivity contribution in [1.82, 2.24) is 0 Å². The van der Waals surface area contributed by atoms with Crippen molar-refractivity contribution in [3.05, 3.63) is 58.6 Å². The van der Waals surface area contributed by atoms with Crippen LogP contribution in [0.15, 0.2) is 42.5 Å². The number of hydrogen-bond acceptors (Lipinski definition) is 2. The lowest BCUT2D eigenvalue weighted by Gasteiger charge is -2.37. The normalized spacial score (nSPS) is 19.1. The van der Waals surface area contributed by atoms with Gasteiger partial charge in [-0.15, -0.1) is 0 Å². The van der Waals surface area contributed by atoms with Crippen molar-refractivity contribution in [3.8, 4) is 5.75 Å². The van der Waals surface area contributed by atoms with Gasteiger partial charge in [-0.05, 0) is 80.8 Å². The molecule has 2 saturated carbocycles. The number of nitrogens with one attached hydrogen (secondary N) is 1. The lowest BCUT2D eigenvalue weighted by molar-refractivity contribution is -0.122. The van der Waals surface area contributed by atoms with E-state index in [0.29, 0.717) is 11.1 Å². The quantitative estimate of drug-likeness (QED) is 0.586. The van der Waals surface area contributed by atoms with Crippen molar-refractivity contribution in [1.29, 1.82) is 0 Å². The van der Waals surface area contributed by atoms with Gasteiger partial charge in [0.25, 0.3) is 0 Å². The summed E-state index contributed by atoms with van der Waals surface area (Å²) in [5.74, 6) is 0.975. The van der Waals surface area contributed by atoms with Gasteiger partial charge in [-0.25, -0.2) is 0 Å². The summed E-state index contributed by atoms with van der Waals surface area (Å²) in [7, 11) is 0. The molecule has 4 rings (SSSR count). The summed E-state index contributed by atoms with van der Waals surface area (Å²) in [5, 5.41) is 3.87. The monoisotopic (exact) mass is 411 g/mol. The summed E-state index contributed by atoms with van der Waals surface area (Å²) in [5.41, 5.74) is 2.29. The minimum absolute atomic E-state index is 0.0501. The number of hydrogen-bond donors (Lipinski definition) is 1. The van der Waals surface area contributed by atoms with Crippen molar-refractivity contribution < 1.29 is 9.53 Å². The van der Waals surface area contributed by atoms with E-state index < -0.39 is 5.41 Å². The van der Waals surface area contributed by atoms with E-state index in [-0.39, 0.29) is 5.91 Å². The Hall–Kier alpha value is -2.00. The highest BCUT2D eigenvalue weighted by Gasteiger charge is 2.42. The number of aryl methyl sites for hydroxylation is 1. The first kappa shape index (κ1) is 20.3. The van der Waals surface area contributed by atoms with Crippen molar-refractivity contribution in [2.24, 2.45) is 0 Å². The van der Waals surface area contributed by atoms with Gasteiger partial charge >= 0.3 is 0 Å². The van der Waals surface area contributed by atoms with Crippen LogP contribution in [0.5, 0.6) is 5.75 Å². The maximum atomic E-state index is 13.5. The standard InChI is InChI=1S/C25H30ClNO2/c1-18-17-19(13-14-23(18)29-20-9-3-4-10-20)27-24(28)25(15-7-2-8-16-25)21-11-5-6-12-22(21)26/h5-6,11-14,17,20H,2-4,7-10,15-16H2,1H3,(H,27,28). The highest BCUT2D eigenvalue weighted by molar-refractivity contribution is 6.31. The van der Waals surface area contributed by atoms with Crippen LogP contribution in [-0.2, 0) is 10.2 Å².